The molecule has 0 aliphatic carbocycles. The number of alkyl carbamates (subject to hydrolysis) is 1. The van der Waals surface area contributed by atoms with E-state index in [1.807, 2.05) is 25.1 Å². The summed E-state index contributed by atoms with van der Waals surface area (Å²) in [5, 5.41) is 5.24. The van der Waals surface area contributed by atoms with Gasteiger partial charge in [0.15, 0.2) is 11.5 Å². The Kier molecular flexibility index (Phi) is 5.54. The summed E-state index contributed by atoms with van der Waals surface area (Å²) in [6.07, 6.45) is -0.621. The Hall–Kier alpha value is -2.44. The van der Waals surface area contributed by atoms with E-state index in [9.17, 15) is 9.59 Å². The van der Waals surface area contributed by atoms with Crippen LogP contribution in [-0.2, 0) is 9.53 Å². The fourth-order valence-electron chi connectivity index (χ4n) is 2.17. The van der Waals surface area contributed by atoms with Crippen LogP contribution in [0, 0.1) is 0 Å². The van der Waals surface area contributed by atoms with E-state index < -0.39 is 11.7 Å². The number of carbonyl (C=O) groups is 2. The Morgan fingerprint density at radius 3 is 2.54 bits per heavy atom. The van der Waals surface area contributed by atoms with Crippen LogP contribution in [0.4, 0.5) is 4.79 Å². The summed E-state index contributed by atoms with van der Waals surface area (Å²) < 4.78 is 16.1. The number of rotatable bonds is 4. The molecule has 1 aromatic rings. The largest absolute Gasteiger partial charge is 0.486 e. The van der Waals surface area contributed by atoms with E-state index in [4.69, 9.17) is 14.2 Å². The van der Waals surface area contributed by atoms with Gasteiger partial charge in [-0.05, 0) is 45.4 Å². The summed E-state index contributed by atoms with van der Waals surface area (Å²) in [6, 6.07) is 5.32. The van der Waals surface area contributed by atoms with Crippen molar-refractivity contribution >= 4 is 12.0 Å². The topological polar surface area (TPSA) is 85.9 Å². The number of ether oxygens (including phenoxy) is 3. The van der Waals surface area contributed by atoms with E-state index in [0.29, 0.717) is 24.7 Å². The van der Waals surface area contributed by atoms with Crippen molar-refractivity contribution in [2.45, 2.75) is 39.3 Å². The van der Waals surface area contributed by atoms with E-state index in [1.165, 1.54) is 0 Å². The molecule has 0 saturated heterocycles. The minimum Gasteiger partial charge on any atom is -0.486 e. The van der Waals surface area contributed by atoms with Gasteiger partial charge in [0, 0.05) is 0 Å². The molecular formula is C17H24N2O5. The molecular weight excluding hydrogens is 312 g/mol. The van der Waals surface area contributed by atoms with Gasteiger partial charge in [0.2, 0.25) is 5.91 Å². The Bertz CT molecular complexity index is 609. The first kappa shape index (κ1) is 17.9. The molecule has 132 valence electrons. The number of carbonyl (C=O) groups excluding carboxylic acids is 2. The summed E-state index contributed by atoms with van der Waals surface area (Å²) in [5.41, 5.74) is 0.295. The summed E-state index contributed by atoms with van der Waals surface area (Å²) in [4.78, 5) is 23.5. The first-order valence-corrected chi connectivity index (χ1v) is 7.90. The summed E-state index contributed by atoms with van der Waals surface area (Å²) >= 11 is 0. The van der Waals surface area contributed by atoms with Crippen molar-refractivity contribution in [1.82, 2.24) is 10.6 Å². The van der Waals surface area contributed by atoms with Gasteiger partial charge < -0.3 is 24.8 Å². The minimum atomic E-state index is -0.621. The second kappa shape index (κ2) is 7.42. The fraction of sp³-hybridized carbons (Fsp3) is 0.529. The fourth-order valence-corrected chi connectivity index (χ4v) is 2.17. The molecule has 7 heteroatoms. The molecule has 0 saturated carbocycles. The average molecular weight is 336 g/mol. The molecule has 0 unspecified atom stereocenters. The van der Waals surface area contributed by atoms with Gasteiger partial charge in [0.25, 0.3) is 0 Å². The zero-order valence-electron chi connectivity index (χ0n) is 14.5. The molecule has 0 radical (unpaired) electrons. The molecule has 0 spiro atoms. The van der Waals surface area contributed by atoms with Gasteiger partial charge in [-0.15, -0.1) is 0 Å². The predicted molar refractivity (Wildman–Crippen MR) is 88.2 cm³/mol. The van der Waals surface area contributed by atoms with Crippen LogP contribution in [0.25, 0.3) is 0 Å². The molecule has 1 atom stereocenters. The Morgan fingerprint density at radius 2 is 1.88 bits per heavy atom. The van der Waals surface area contributed by atoms with Crippen LogP contribution in [0.2, 0.25) is 0 Å². The van der Waals surface area contributed by atoms with Gasteiger partial charge in [0.05, 0.1) is 6.04 Å². The Morgan fingerprint density at radius 1 is 1.21 bits per heavy atom. The maximum Gasteiger partial charge on any atom is 0.408 e. The van der Waals surface area contributed by atoms with Crippen molar-refractivity contribution in [3.63, 3.8) is 0 Å². The van der Waals surface area contributed by atoms with Gasteiger partial charge in [-0.25, -0.2) is 4.79 Å². The smallest absolute Gasteiger partial charge is 0.408 e. The zero-order valence-corrected chi connectivity index (χ0v) is 14.5. The quantitative estimate of drug-likeness (QED) is 0.880. The number of nitrogens with one attached hydrogen (secondary N) is 2. The maximum atomic E-state index is 11.9. The number of amides is 2. The first-order valence-electron chi connectivity index (χ1n) is 7.90. The molecule has 2 N–H and O–H groups in total. The summed E-state index contributed by atoms with van der Waals surface area (Å²) in [6.45, 7) is 8.04. The minimum absolute atomic E-state index is 0.149. The van der Waals surface area contributed by atoms with E-state index in [-0.39, 0.29) is 18.5 Å². The van der Waals surface area contributed by atoms with Gasteiger partial charge in [-0.3, -0.25) is 4.79 Å². The molecule has 2 amide bonds. The lowest BCUT2D eigenvalue weighted by atomic mass is 10.1. The van der Waals surface area contributed by atoms with Gasteiger partial charge >= 0.3 is 6.09 Å². The van der Waals surface area contributed by atoms with Crippen molar-refractivity contribution in [3.8, 4) is 11.5 Å². The third kappa shape index (κ3) is 5.33. The second-order valence-corrected chi connectivity index (χ2v) is 6.55. The summed E-state index contributed by atoms with van der Waals surface area (Å²) in [7, 11) is 0. The van der Waals surface area contributed by atoms with Crippen LogP contribution in [0.5, 0.6) is 11.5 Å². The van der Waals surface area contributed by atoms with E-state index in [1.54, 1.807) is 20.8 Å². The molecule has 0 aromatic heterocycles. The van der Waals surface area contributed by atoms with Crippen molar-refractivity contribution in [3.05, 3.63) is 23.8 Å². The Labute approximate surface area is 141 Å². The van der Waals surface area contributed by atoms with Gasteiger partial charge in [0.1, 0.15) is 25.4 Å². The second-order valence-electron chi connectivity index (χ2n) is 6.55. The molecule has 24 heavy (non-hydrogen) atoms. The molecule has 1 aromatic carbocycles. The maximum absolute atomic E-state index is 11.9. The monoisotopic (exact) mass is 336 g/mol. The van der Waals surface area contributed by atoms with Gasteiger partial charge in [-0.1, -0.05) is 6.07 Å². The van der Waals surface area contributed by atoms with Crippen molar-refractivity contribution < 1.29 is 23.8 Å². The van der Waals surface area contributed by atoms with Gasteiger partial charge in [-0.2, -0.15) is 0 Å². The van der Waals surface area contributed by atoms with Crippen LogP contribution in [0.15, 0.2) is 18.2 Å². The number of hydrogen-bond acceptors (Lipinski definition) is 5. The van der Waals surface area contributed by atoms with Crippen LogP contribution in [0.3, 0.4) is 0 Å². The molecule has 7 nitrogen and oxygen atoms in total. The highest BCUT2D eigenvalue weighted by atomic mass is 16.6. The third-order valence-corrected chi connectivity index (χ3v) is 3.24. The lowest BCUT2D eigenvalue weighted by molar-refractivity contribution is -0.120. The first-order chi connectivity index (χ1) is 11.2. The lowest BCUT2D eigenvalue weighted by Gasteiger charge is -2.21. The van der Waals surface area contributed by atoms with E-state index >= 15 is 0 Å². The predicted octanol–water partition coefficient (Wildman–Crippen LogP) is 2.16. The molecule has 1 heterocycles. The molecule has 1 aliphatic rings. The molecule has 0 bridgehead atoms. The average Bonchev–Trinajstić information content (AvgIpc) is 2.51. The molecule has 0 fully saturated rings. The standard InChI is InChI=1S/C17H24N2O5/c1-11(12-5-6-13-14(9-12)23-8-7-22-13)19-15(20)10-18-16(21)24-17(2,3)4/h5-6,9,11H,7-8,10H2,1-4H3,(H,18,21)(H,19,20)/t11-/m0/s1. The highest BCUT2D eigenvalue weighted by Crippen LogP contribution is 2.32. The Balaban J connectivity index is 1.84. The van der Waals surface area contributed by atoms with Crippen molar-refractivity contribution in [2.24, 2.45) is 0 Å². The van der Waals surface area contributed by atoms with Crippen LogP contribution in [-0.4, -0.2) is 37.4 Å². The van der Waals surface area contributed by atoms with Crippen molar-refractivity contribution in [2.75, 3.05) is 19.8 Å². The van der Waals surface area contributed by atoms with E-state index in [0.717, 1.165) is 5.56 Å². The SMILES string of the molecule is C[C@H](NC(=O)CNC(=O)OC(C)(C)C)c1ccc2c(c1)OCCO2. The number of benzene rings is 1. The highest BCUT2D eigenvalue weighted by molar-refractivity contribution is 5.82. The number of fused-ring (bicyclic) bond motifs is 1. The lowest BCUT2D eigenvalue weighted by Crippen LogP contribution is -2.40. The molecule has 2 rings (SSSR count). The van der Waals surface area contributed by atoms with Crippen molar-refractivity contribution in [1.29, 1.82) is 0 Å². The molecule has 1 aliphatic heterocycles. The van der Waals surface area contributed by atoms with Crippen LogP contribution < -0.4 is 20.1 Å². The zero-order chi connectivity index (χ0) is 17.7. The highest BCUT2D eigenvalue weighted by Gasteiger charge is 2.18. The normalized spacial score (nSPS) is 14.5. The van der Waals surface area contributed by atoms with E-state index in [2.05, 4.69) is 10.6 Å². The summed E-state index contributed by atoms with van der Waals surface area (Å²) in [5.74, 6) is 1.07. The third-order valence-electron chi connectivity index (χ3n) is 3.24. The van der Waals surface area contributed by atoms with Crippen LogP contribution >= 0.6 is 0 Å². The van der Waals surface area contributed by atoms with Crippen LogP contribution in [0.1, 0.15) is 39.3 Å². The number of hydrogen-bond donors (Lipinski definition) is 2.